The van der Waals surface area contributed by atoms with Crippen molar-refractivity contribution in [1.29, 1.82) is 0 Å². The second kappa shape index (κ2) is 8.28. The molecule has 3 rings (SSSR count). The van der Waals surface area contributed by atoms with E-state index in [4.69, 9.17) is 9.47 Å². The summed E-state index contributed by atoms with van der Waals surface area (Å²) in [5.41, 5.74) is 7.83. The molecule has 3 aromatic rings. The minimum Gasteiger partial charge on any atom is -0.497 e. The van der Waals surface area contributed by atoms with E-state index in [0.29, 0.717) is 6.42 Å². The number of aliphatic hydroxyl groups is 1. The molecular weight excluding hydrogens is 336 g/mol. The van der Waals surface area contributed by atoms with Gasteiger partial charge in [-0.1, -0.05) is 24.3 Å². The molecule has 1 radical (unpaired) electrons. The maximum Gasteiger partial charge on any atom is 0.118 e. The zero-order chi connectivity index (χ0) is 19.4. The van der Waals surface area contributed by atoms with Crippen molar-refractivity contribution in [3.8, 4) is 33.8 Å². The third kappa shape index (κ3) is 3.83. The predicted molar refractivity (Wildman–Crippen MR) is 110 cm³/mol. The molecule has 0 unspecified atom stereocenters. The molecule has 0 saturated heterocycles. The van der Waals surface area contributed by atoms with E-state index < -0.39 is 0 Å². The molecule has 0 saturated carbocycles. The van der Waals surface area contributed by atoms with Crippen LogP contribution in [-0.4, -0.2) is 25.9 Å². The van der Waals surface area contributed by atoms with Gasteiger partial charge < -0.3 is 14.6 Å². The second-order valence-corrected chi connectivity index (χ2v) is 6.53. The van der Waals surface area contributed by atoms with Crippen LogP contribution in [0.3, 0.4) is 0 Å². The Hall–Kier alpha value is -2.78. The molecule has 3 aromatic carbocycles. The molecule has 1 N–H and O–H groups in total. The molecule has 3 heteroatoms. The monoisotopic (exact) mass is 361 g/mol. The number of benzene rings is 3. The molecule has 0 heterocycles. The van der Waals surface area contributed by atoms with Gasteiger partial charge in [0.25, 0.3) is 0 Å². The number of ether oxygens (including phenoxy) is 2. The summed E-state index contributed by atoms with van der Waals surface area (Å²) in [5.74, 6) is 1.66. The lowest BCUT2D eigenvalue weighted by Gasteiger charge is -2.19. The minimum absolute atomic E-state index is 0.102. The lowest BCUT2D eigenvalue weighted by atomic mass is 9.85. The van der Waals surface area contributed by atoms with Gasteiger partial charge in [-0.15, -0.1) is 0 Å². The van der Waals surface area contributed by atoms with Gasteiger partial charge in [-0.3, -0.25) is 0 Å². The second-order valence-electron chi connectivity index (χ2n) is 6.53. The van der Waals surface area contributed by atoms with E-state index in [-0.39, 0.29) is 6.61 Å². The molecule has 0 aliphatic rings. The predicted octanol–water partition coefficient (Wildman–Crippen LogP) is 4.99. The van der Waals surface area contributed by atoms with Crippen LogP contribution in [0.15, 0.2) is 48.5 Å². The molecule has 27 heavy (non-hydrogen) atoms. The highest BCUT2D eigenvalue weighted by Crippen LogP contribution is 2.37. The number of rotatable bonds is 6. The van der Waals surface area contributed by atoms with Crippen molar-refractivity contribution in [2.75, 3.05) is 20.8 Å². The van der Waals surface area contributed by atoms with E-state index >= 15 is 0 Å². The van der Waals surface area contributed by atoms with E-state index in [9.17, 15) is 5.11 Å². The summed E-state index contributed by atoms with van der Waals surface area (Å²) in [6.45, 7) is 4.34. The van der Waals surface area contributed by atoms with E-state index in [2.05, 4.69) is 32.0 Å². The van der Waals surface area contributed by atoms with Gasteiger partial charge in [0.1, 0.15) is 11.5 Å². The van der Waals surface area contributed by atoms with Crippen LogP contribution in [0.2, 0.25) is 0 Å². The third-order valence-electron chi connectivity index (χ3n) is 4.97. The summed E-state index contributed by atoms with van der Waals surface area (Å²) >= 11 is 0. The van der Waals surface area contributed by atoms with Crippen molar-refractivity contribution >= 4 is 0 Å². The Morgan fingerprint density at radius 2 is 1.30 bits per heavy atom. The molecule has 0 aliphatic heterocycles. The minimum atomic E-state index is 0.102. The Labute approximate surface area is 161 Å². The summed E-state index contributed by atoms with van der Waals surface area (Å²) in [6, 6.07) is 19.7. The summed E-state index contributed by atoms with van der Waals surface area (Å²) in [7, 11) is 3.34. The molecule has 0 aromatic heterocycles. The van der Waals surface area contributed by atoms with Crippen LogP contribution in [0.1, 0.15) is 16.7 Å². The lowest BCUT2D eigenvalue weighted by molar-refractivity contribution is 0.299. The van der Waals surface area contributed by atoms with Crippen LogP contribution >= 0.6 is 0 Å². The first-order chi connectivity index (χ1) is 13.1. The topological polar surface area (TPSA) is 38.7 Å². The first kappa shape index (κ1) is 19.0. The number of methoxy groups -OCH3 is 2. The van der Waals surface area contributed by atoms with Gasteiger partial charge in [0, 0.05) is 6.61 Å². The fraction of sp³-hybridized carbons (Fsp3) is 0.250. The highest BCUT2D eigenvalue weighted by Gasteiger charge is 2.16. The molecule has 0 aliphatic carbocycles. The van der Waals surface area contributed by atoms with Crippen LogP contribution in [0.25, 0.3) is 22.3 Å². The highest BCUT2D eigenvalue weighted by molar-refractivity contribution is 5.81. The van der Waals surface area contributed by atoms with Gasteiger partial charge >= 0.3 is 0 Å². The van der Waals surface area contributed by atoms with Crippen molar-refractivity contribution in [3.63, 3.8) is 0 Å². The van der Waals surface area contributed by atoms with Gasteiger partial charge in [0.05, 0.1) is 14.2 Å². The average molecular weight is 361 g/mol. The van der Waals surface area contributed by atoms with E-state index in [1.54, 1.807) is 14.2 Å². The molecule has 139 valence electrons. The van der Waals surface area contributed by atoms with E-state index in [1.165, 1.54) is 11.1 Å². The zero-order valence-corrected chi connectivity index (χ0v) is 16.3. The first-order valence-corrected chi connectivity index (χ1v) is 9.04. The Morgan fingerprint density at radius 3 is 1.78 bits per heavy atom. The maximum atomic E-state index is 9.52. The molecule has 0 bridgehead atoms. The Balaban J connectivity index is 2.19. The van der Waals surface area contributed by atoms with Crippen LogP contribution in [0.5, 0.6) is 11.5 Å². The largest absolute Gasteiger partial charge is 0.497 e. The average Bonchev–Trinajstić information content (AvgIpc) is 2.71. The van der Waals surface area contributed by atoms with Crippen molar-refractivity contribution in [2.24, 2.45) is 0 Å². The van der Waals surface area contributed by atoms with Crippen molar-refractivity contribution in [3.05, 3.63) is 71.3 Å². The van der Waals surface area contributed by atoms with E-state index in [0.717, 1.165) is 39.3 Å². The van der Waals surface area contributed by atoms with Crippen molar-refractivity contribution in [1.82, 2.24) is 0 Å². The Morgan fingerprint density at radius 1 is 0.778 bits per heavy atom. The molecule has 0 amide bonds. The van der Waals surface area contributed by atoms with Crippen molar-refractivity contribution in [2.45, 2.75) is 20.3 Å². The SMILES string of the molecule is COc1ccc(-c2[c]c(CCO)c(C)c(-c3ccc(OC)cc3)c2C)cc1. The standard InChI is InChI=1S/C24H25O3/c1-16-20(13-14-25)15-23(18-5-9-21(26-3)10-6-18)17(2)24(16)19-7-11-22(27-4)12-8-19/h5-12,25H,13-14H2,1-4H3. The maximum absolute atomic E-state index is 9.52. The first-order valence-electron chi connectivity index (χ1n) is 9.04. The summed E-state index contributed by atoms with van der Waals surface area (Å²) in [4.78, 5) is 0. The molecule has 0 spiro atoms. The van der Waals surface area contributed by atoms with Gasteiger partial charge in [-0.05, 0) is 89.5 Å². The van der Waals surface area contributed by atoms with Crippen LogP contribution < -0.4 is 9.47 Å². The molecular formula is C24H25O3. The van der Waals surface area contributed by atoms with Gasteiger partial charge in [0.2, 0.25) is 0 Å². The quantitative estimate of drug-likeness (QED) is 0.672. The number of aliphatic hydroxyl groups excluding tert-OH is 1. The molecule has 0 atom stereocenters. The normalized spacial score (nSPS) is 10.7. The van der Waals surface area contributed by atoms with Crippen LogP contribution in [-0.2, 0) is 6.42 Å². The molecule has 3 nitrogen and oxygen atoms in total. The number of hydrogen-bond acceptors (Lipinski definition) is 3. The highest BCUT2D eigenvalue weighted by atomic mass is 16.5. The Kier molecular flexibility index (Phi) is 5.82. The smallest absolute Gasteiger partial charge is 0.118 e. The van der Waals surface area contributed by atoms with Crippen LogP contribution in [0, 0.1) is 19.9 Å². The summed E-state index contributed by atoms with van der Waals surface area (Å²) in [5, 5.41) is 9.52. The Bertz CT molecular complexity index is 910. The molecule has 0 fully saturated rings. The summed E-state index contributed by atoms with van der Waals surface area (Å²) in [6.07, 6.45) is 0.582. The van der Waals surface area contributed by atoms with Crippen LogP contribution in [0.4, 0.5) is 0 Å². The van der Waals surface area contributed by atoms with E-state index in [1.807, 2.05) is 36.4 Å². The third-order valence-corrected chi connectivity index (χ3v) is 4.97. The lowest BCUT2D eigenvalue weighted by Crippen LogP contribution is -2.01. The zero-order valence-electron chi connectivity index (χ0n) is 16.3. The number of hydrogen-bond donors (Lipinski definition) is 1. The van der Waals surface area contributed by atoms with Crippen molar-refractivity contribution < 1.29 is 14.6 Å². The fourth-order valence-corrected chi connectivity index (χ4v) is 3.49. The van der Waals surface area contributed by atoms with Gasteiger partial charge in [-0.2, -0.15) is 0 Å². The van der Waals surface area contributed by atoms with Gasteiger partial charge in [0.15, 0.2) is 0 Å². The fourth-order valence-electron chi connectivity index (χ4n) is 3.49. The van der Waals surface area contributed by atoms with Gasteiger partial charge in [-0.25, -0.2) is 0 Å². The summed E-state index contributed by atoms with van der Waals surface area (Å²) < 4.78 is 10.6.